The van der Waals surface area contributed by atoms with Gasteiger partial charge in [0.1, 0.15) is 6.61 Å². The molecule has 338 valence electrons. The number of ether oxygens (including phenoxy) is 2. The minimum Gasteiger partial charge on any atom is -0.462 e. The van der Waals surface area contributed by atoms with Crippen LogP contribution in [0.25, 0.3) is 0 Å². The van der Waals surface area contributed by atoms with E-state index in [9.17, 15) is 19.0 Å². The summed E-state index contributed by atoms with van der Waals surface area (Å²) >= 11 is 0. The SMILES string of the molecule is CCCCC/C=C\C/C=C\C/C=C\C/C=C\CCCCCC(=O)OC(COC(=O)CCCCCCCCCCCCCCCCCCC)COP(=O)(O)OCCNC. The van der Waals surface area contributed by atoms with Crippen LogP contribution in [0.2, 0.25) is 0 Å². The molecule has 0 heterocycles. The number of esters is 2. The third kappa shape index (κ3) is 43.5. The molecule has 0 aromatic carbocycles. The summed E-state index contributed by atoms with van der Waals surface area (Å²) in [5.74, 6) is -0.837. The maximum atomic E-state index is 12.6. The third-order valence-electron chi connectivity index (χ3n) is 9.95. The van der Waals surface area contributed by atoms with Crippen molar-refractivity contribution in [2.24, 2.45) is 0 Å². The molecule has 0 aromatic heterocycles. The van der Waals surface area contributed by atoms with E-state index >= 15 is 0 Å². The molecule has 0 radical (unpaired) electrons. The molecule has 0 aliphatic rings. The average molecular weight is 838 g/mol. The summed E-state index contributed by atoms with van der Waals surface area (Å²) in [6.07, 6.45) is 50.1. The van der Waals surface area contributed by atoms with E-state index in [4.69, 9.17) is 18.5 Å². The van der Waals surface area contributed by atoms with Gasteiger partial charge in [-0.05, 0) is 64.8 Å². The number of nitrogens with one attached hydrogen (secondary N) is 1. The molecule has 0 aromatic rings. The largest absolute Gasteiger partial charge is 0.472 e. The van der Waals surface area contributed by atoms with E-state index in [1.165, 1.54) is 116 Å². The number of carbonyl (C=O) groups is 2. The summed E-state index contributed by atoms with van der Waals surface area (Å²) in [4.78, 5) is 35.1. The van der Waals surface area contributed by atoms with E-state index in [0.717, 1.165) is 57.8 Å². The highest BCUT2D eigenvalue weighted by Gasteiger charge is 2.26. The second kappa shape index (κ2) is 44.5. The van der Waals surface area contributed by atoms with Crippen LogP contribution in [0.1, 0.15) is 206 Å². The molecule has 0 spiro atoms. The maximum absolute atomic E-state index is 12.6. The van der Waals surface area contributed by atoms with E-state index in [1.807, 2.05) is 0 Å². The van der Waals surface area contributed by atoms with Crippen LogP contribution in [0.4, 0.5) is 0 Å². The van der Waals surface area contributed by atoms with Crippen LogP contribution >= 0.6 is 7.82 Å². The van der Waals surface area contributed by atoms with Gasteiger partial charge in [-0.1, -0.05) is 184 Å². The lowest BCUT2D eigenvalue weighted by atomic mass is 10.0. The summed E-state index contributed by atoms with van der Waals surface area (Å²) in [6.45, 7) is 4.18. The molecular weight excluding hydrogens is 750 g/mol. The molecule has 10 heteroatoms. The highest BCUT2D eigenvalue weighted by Crippen LogP contribution is 2.43. The number of phosphoric acid groups is 1. The second-order valence-electron chi connectivity index (χ2n) is 15.6. The fourth-order valence-electron chi connectivity index (χ4n) is 6.36. The van der Waals surface area contributed by atoms with Gasteiger partial charge in [0.2, 0.25) is 0 Å². The van der Waals surface area contributed by atoms with Gasteiger partial charge in [0.25, 0.3) is 0 Å². The maximum Gasteiger partial charge on any atom is 0.472 e. The first kappa shape index (κ1) is 56.0. The topological polar surface area (TPSA) is 120 Å². The Morgan fingerprint density at radius 2 is 0.931 bits per heavy atom. The molecule has 0 saturated heterocycles. The van der Waals surface area contributed by atoms with E-state index < -0.39 is 26.5 Å². The van der Waals surface area contributed by atoms with Crippen LogP contribution in [0.15, 0.2) is 48.6 Å². The summed E-state index contributed by atoms with van der Waals surface area (Å²) in [6, 6.07) is 0. The molecular formula is C48H88NO8P. The van der Waals surface area contributed by atoms with Crippen molar-refractivity contribution >= 4 is 19.8 Å². The van der Waals surface area contributed by atoms with E-state index in [2.05, 4.69) is 67.8 Å². The van der Waals surface area contributed by atoms with E-state index in [0.29, 0.717) is 13.0 Å². The zero-order valence-electron chi connectivity index (χ0n) is 37.5. The van der Waals surface area contributed by atoms with Crippen LogP contribution in [-0.4, -0.2) is 56.3 Å². The van der Waals surface area contributed by atoms with Crippen LogP contribution < -0.4 is 5.32 Å². The zero-order chi connectivity index (χ0) is 42.5. The van der Waals surface area contributed by atoms with Gasteiger partial charge in [-0.15, -0.1) is 0 Å². The third-order valence-corrected chi connectivity index (χ3v) is 10.9. The highest BCUT2D eigenvalue weighted by atomic mass is 31.2. The Bertz CT molecular complexity index is 1090. The predicted molar refractivity (Wildman–Crippen MR) is 243 cm³/mol. The van der Waals surface area contributed by atoms with Gasteiger partial charge in [0.15, 0.2) is 6.10 Å². The fraction of sp³-hybridized carbons (Fsp3) is 0.792. The number of hydrogen-bond donors (Lipinski definition) is 2. The van der Waals surface area contributed by atoms with Gasteiger partial charge in [-0.25, -0.2) is 4.57 Å². The Morgan fingerprint density at radius 1 is 0.534 bits per heavy atom. The summed E-state index contributed by atoms with van der Waals surface area (Å²) in [5.41, 5.74) is 0. The van der Waals surface area contributed by atoms with Gasteiger partial charge in [0, 0.05) is 19.4 Å². The molecule has 0 bridgehead atoms. The van der Waals surface area contributed by atoms with Gasteiger partial charge >= 0.3 is 19.8 Å². The van der Waals surface area contributed by atoms with Crippen molar-refractivity contribution in [3.8, 4) is 0 Å². The van der Waals surface area contributed by atoms with Crippen molar-refractivity contribution < 1.29 is 37.6 Å². The Morgan fingerprint density at radius 3 is 1.41 bits per heavy atom. The standard InChI is InChI=1S/C48H88NO8P/c1-4-6-8-10-12-14-16-18-20-22-23-25-27-29-31-33-35-37-39-41-48(51)57-46(45-56-58(52,53)55-43-42-49-3)44-54-47(50)40-38-36-34-32-30-28-26-24-21-19-17-15-13-11-9-7-5-2/h12,14,18,20,23,25,29,31,46,49H,4-11,13,15-17,19,21-22,24,26-28,30,32-45H2,1-3H3,(H,52,53)/b14-12-,20-18-,25-23-,31-29-. The highest BCUT2D eigenvalue weighted by molar-refractivity contribution is 7.47. The molecule has 0 rings (SSSR count). The van der Waals surface area contributed by atoms with Gasteiger partial charge in [0.05, 0.1) is 13.2 Å². The number of likely N-dealkylation sites (N-methyl/N-ethyl adjacent to an activating group) is 1. The first-order chi connectivity index (χ1) is 28.3. The monoisotopic (exact) mass is 838 g/mol. The zero-order valence-corrected chi connectivity index (χ0v) is 38.4. The lowest BCUT2D eigenvalue weighted by Gasteiger charge is -2.20. The molecule has 9 nitrogen and oxygen atoms in total. The Hall–Kier alpha value is -2.03. The van der Waals surface area contributed by atoms with Crippen molar-refractivity contribution in [3.05, 3.63) is 48.6 Å². The number of allylic oxidation sites excluding steroid dienone is 8. The van der Waals surface area contributed by atoms with Crippen LogP contribution in [0.3, 0.4) is 0 Å². The van der Waals surface area contributed by atoms with Gasteiger partial charge < -0.3 is 19.7 Å². The Balaban J connectivity index is 4.23. The lowest BCUT2D eigenvalue weighted by molar-refractivity contribution is -0.161. The normalized spacial score (nSPS) is 13.7. The molecule has 2 unspecified atom stereocenters. The summed E-state index contributed by atoms with van der Waals surface area (Å²) < 4.78 is 33.2. The molecule has 2 atom stereocenters. The fourth-order valence-corrected chi connectivity index (χ4v) is 7.11. The molecule has 0 aliphatic carbocycles. The first-order valence-corrected chi connectivity index (χ1v) is 25.1. The minimum atomic E-state index is -4.36. The van der Waals surface area contributed by atoms with Crippen LogP contribution in [0, 0.1) is 0 Å². The predicted octanol–water partition coefficient (Wildman–Crippen LogP) is 13.8. The van der Waals surface area contributed by atoms with E-state index in [-0.39, 0.29) is 32.0 Å². The number of carbonyl (C=O) groups excluding carboxylic acids is 2. The Labute approximate surface area is 356 Å². The molecule has 0 aliphatic heterocycles. The molecule has 0 saturated carbocycles. The smallest absolute Gasteiger partial charge is 0.462 e. The van der Waals surface area contributed by atoms with Crippen molar-refractivity contribution in [1.82, 2.24) is 5.32 Å². The number of rotatable bonds is 44. The summed E-state index contributed by atoms with van der Waals surface area (Å²) in [5, 5.41) is 2.82. The number of phosphoric ester groups is 1. The van der Waals surface area contributed by atoms with Crippen LogP contribution in [0.5, 0.6) is 0 Å². The number of hydrogen-bond acceptors (Lipinski definition) is 8. The van der Waals surface area contributed by atoms with Gasteiger partial charge in [-0.3, -0.25) is 18.6 Å². The number of unbranched alkanes of at least 4 members (excludes halogenated alkanes) is 22. The first-order valence-electron chi connectivity index (χ1n) is 23.6. The molecule has 2 N–H and O–H groups in total. The van der Waals surface area contributed by atoms with Crippen molar-refractivity contribution in [1.29, 1.82) is 0 Å². The van der Waals surface area contributed by atoms with Crippen molar-refractivity contribution in [2.75, 3.05) is 33.4 Å². The van der Waals surface area contributed by atoms with Gasteiger partial charge in [-0.2, -0.15) is 0 Å². The van der Waals surface area contributed by atoms with Crippen molar-refractivity contribution in [2.45, 2.75) is 213 Å². The van der Waals surface area contributed by atoms with E-state index in [1.54, 1.807) is 7.05 Å². The quantitative estimate of drug-likeness (QED) is 0.0267. The summed E-state index contributed by atoms with van der Waals surface area (Å²) in [7, 11) is -2.66. The van der Waals surface area contributed by atoms with Crippen molar-refractivity contribution in [3.63, 3.8) is 0 Å². The molecule has 58 heavy (non-hydrogen) atoms. The van der Waals surface area contributed by atoms with Crippen LogP contribution in [-0.2, 0) is 32.7 Å². The Kier molecular flexibility index (Phi) is 43.0. The average Bonchev–Trinajstić information content (AvgIpc) is 3.21. The molecule has 0 fully saturated rings. The second-order valence-corrected chi connectivity index (χ2v) is 17.0. The molecule has 0 amide bonds. The lowest BCUT2D eigenvalue weighted by Crippen LogP contribution is -2.29. The minimum absolute atomic E-state index is 0.0237.